The maximum Gasteiger partial charge on any atom is 0.244 e. The number of ether oxygens (including phenoxy) is 3. The molecule has 226 valence electrons. The minimum absolute atomic E-state index is 0. The van der Waals surface area contributed by atoms with E-state index in [1.807, 2.05) is 42.5 Å². The standard InChI is InChI=1S/C30H32ClN3O5S.2ClH/c1-37-27-18-23(19-28(38-2)30(27)39-3)21-34(17-16-32-14-5-6-22-9-11-25(31)12-10-22)40(35,36)29-8-4-7-24-20-33-15-13-26(24)29;;/h4-13,15,18-20,32H,14,16-17,21H2,1-3H3;2*1H. The number of fused-ring (bicyclic) bond motifs is 1. The van der Waals surface area contributed by atoms with E-state index >= 15 is 0 Å². The lowest BCUT2D eigenvalue weighted by Gasteiger charge is -2.24. The summed E-state index contributed by atoms with van der Waals surface area (Å²) < 4.78 is 46.0. The fraction of sp³-hybridized carbons (Fsp3) is 0.233. The molecule has 0 saturated heterocycles. The molecule has 0 radical (unpaired) electrons. The van der Waals surface area contributed by atoms with Crippen LogP contribution in [0.3, 0.4) is 0 Å². The highest BCUT2D eigenvalue weighted by Crippen LogP contribution is 2.39. The molecule has 0 atom stereocenters. The average molecular weight is 655 g/mol. The van der Waals surface area contributed by atoms with Gasteiger partial charge in [0.05, 0.1) is 26.2 Å². The molecule has 0 fully saturated rings. The van der Waals surface area contributed by atoms with Gasteiger partial charge in [0.15, 0.2) is 11.5 Å². The van der Waals surface area contributed by atoms with Crippen LogP contribution in [-0.4, -0.2) is 58.7 Å². The summed E-state index contributed by atoms with van der Waals surface area (Å²) in [6.45, 7) is 1.33. The first-order chi connectivity index (χ1) is 19.4. The monoisotopic (exact) mass is 653 g/mol. The van der Waals surface area contributed by atoms with Crippen molar-refractivity contribution in [3.63, 3.8) is 0 Å². The molecule has 1 aromatic heterocycles. The van der Waals surface area contributed by atoms with E-state index in [4.69, 9.17) is 25.8 Å². The minimum atomic E-state index is -3.90. The van der Waals surface area contributed by atoms with Crippen LogP contribution in [0, 0.1) is 0 Å². The summed E-state index contributed by atoms with van der Waals surface area (Å²) in [6.07, 6.45) is 7.23. The second kappa shape index (κ2) is 16.6. The van der Waals surface area contributed by atoms with Crippen LogP contribution in [0.5, 0.6) is 17.2 Å². The molecule has 12 heteroatoms. The summed E-state index contributed by atoms with van der Waals surface area (Å²) in [7, 11) is 0.687. The molecule has 0 aliphatic heterocycles. The number of nitrogens with one attached hydrogen (secondary N) is 1. The second-order valence-corrected chi connectivity index (χ2v) is 11.2. The summed E-state index contributed by atoms with van der Waals surface area (Å²) in [5.74, 6) is 1.35. The first-order valence-electron chi connectivity index (χ1n) is 12.6. The van der Waals surface area contributed by atoms with Crippen molar-refractivity contribution < 1.29 is 22.6 Å². The third-order valence-electron chi connectivity index (χ3n) is 6.32. The molecule has 42 heavy (non-hydrogen) atoms. The summed E-state index contributed by atoms with van der Waals surface area (Å²) in [6, 6.07) is 18.0. The Labute approximate surface area is 264 Å². The zero-order valence-electron chi connectivity index (χ0n) is 23.4. The van der Waals surface area contributed by atoms with Gasteiger partial charge in [-0.05, 0) is 47.5 Å². The van der Waals surface area contributed by atoms with E-state index in [-0.39, 0.29) is 42.8 Å². The first-order valence-corrected chi connectivity index (χ1v) is 14.4. The summed E-state index contributed by atoms with van der Waals surface area (Å²) in [5.41, 5.74) is 1.73. The second-order valence-electron chi connectivity index (χ2n) is 8.88. The molecule has 0 saturated carbocycles. The number of methoxy groups -OCH3 is 3. The number of nitrogens with zero attached hydrogens (tertiary/aromatic N) is 2. The van der Waals surface area contributed by atoms with Gasteiger partial charge in [0.2, 0.25) is 15.8 Å². The highest BCUT2D eigenvalue weighted by Gasteiger charge is 2.27. The normalized spacial score (nSPS) is 11.3. The van der Waals surface area contributed by atoms with Crippen molar-refractivity contribution in [3.8, 4) is 17.2 Å². The van der Waals surface area contributed by atoms with Crippen LogP contribution in [0.2, 0.25) is 5.02 Å². The molecule has 0 spiro atoms. The Morgan fingerprint density at radius 2 is 1.64 bits per heavy atom. The Kier molecular flexibility index (Phi) is 13.9. The van der Waals surface area contributed by atoms with Gasteiger partial charge in [0, 0.05) is 54.4 Å². The predicted octanol–water partition coefficient (Wildman–Crippen LogP) is 6.25. The third kappa shape index (κ3) is 8.50. The third-order valence-corrected chi connectivity index (χ3v) is 8.48. The van der Waals surface area contributed by atoms with E-state index in [0.29, 0.717) is 46.3 Å². The van der Waals surface area contributed by atoms with Crippen molar-refractivity contribution >= 4 is 63.3 Å². The van der Waals surface area contributed by atoms with Gasteiger partial charge in [-0.2, -0.15) is 4.31 Å². The van der Waals surface area contributed by atoms with Crippen molar-refractivity contribution in [3.05, 3.63) is 95.3 Å². The number of hydrogen-bond acceptors (Lipinski definition) is 7. The molecular formula is C30H34Cl3N3O5S. The molecule has 0 aliphatic rings. The van der Waals surface area contributed by atoms with E-state index in [9.17, 15) is 8.42 Å². The largest absolute Gasteiger partial charge is 0.493 e. The Balaban J connectivity index is 0.00000308. The average Bonchev–Trinajstić information content (AvgIpc) is 2.98. The van der Waals surface area contributed by atoms with Crippen molar-refractivity contribution in [1.82, 2.24) is 14.6 Å². The van der Waals surface area contributed by atoms with Crippen molar-refractivity contribution in [2.24, 2.45) is 0 Å². The number of halogens is 3. The van der Waals surface area contributed by atoms with Crippen LogP contribution in [-0.2, 0) is 16.6 Å². The lowest BCUT2D eigenvalue weighted by molar-refractivity contribution is 0.322. The van der Waals surface area contributed by atoms with Crippen LogP contribution < -0.4 is 19.5 Å². The van der Waals surface area contributed by atoms with Crippen LogP contribution in [0.4, 0.5) is 0 Å². The SMILES string of the molecule is COc1cc(CN(CCNCC=Cc2ccc(Cl)cc2)S(=O)(=O)c2cccc3cnccc23)cc(OC)c1OC.Cl.Cl. The number of sulfonamides is 1. The van der Waals surface area contributed by atoms with E-state index in [1.54, 1.807) is 42.7 Å². The van der Waals surface area contributed by atoms with E-state index in [2.05, 4.69) is 10.3 Å². The van der Waals surface area contributed by atoms with E-state index in [0.717, 1.165) is 10.9 Å². The summed E-state index contributed by atoms with van der Waals surface area (Å²) in [5, 5.41) is 5.36. The molecular weight excluding hydrogens is 621 g/mol. The zero-order chi connectivity index (χ0) is 28.5. The number of aromatic nitrogens is 1. The Morgan fingerprint density at radius 1 is 0.952 bits per heavy atom. The Hall–Kier alpha value is -3.05. The molecule has 4 rings (SSSR count). The topological polar surface area (TPSA) is 90.0 Å². The zero-order valence-corrected chi connectivity index (χ0v) is 26.7. The fourth-order valence-corrected chi connectivity index (χ4v) is 6.10. The van der Waals surface area contributed by atoms with E-state index < -0.39 is 10.0 Å². The Bertz CT molecular complexity index is 1550. The number of pyridine rings is 1. The Morgan fingerprint density at radius 3 is 2.29 bits per heavy atom. The molecule has 3 aromatic carbocycles. The molecule has 0 bridgehead atoms. The van der Waals surface area contributed by atoms with Crippen molar-refractivity contribution in [2.45, 2.75) is 11.4 Å². The number of rotatable bonds is 13. The predicted molar refractivity (Wildman–Crippen MR) is 173 cm³/mol. The molecule has 0 amide bonds. The van der Waals surface area contributed by atoms with Gasteiger partial charge < -0.3 is 19.5 Å². The molecule has 0 unspecified atom stereocenters. The fourth-order valence-electron chi connectivity index (χ4n) is 4.33. The van der Waals surface area contributed by atoms with Gasteiger partial charge in [0.1, 0.15) is 0 Å². The van der Waals surface area contributed by atoms with Gasteiger partial charge in [-0.25, -0.2) is 8.42 Å². The number of hydrogen-bond donors (Lipinski definition) is 1. The van der Waals surface area contributed by atoms with Gasteiger partial charge in [-0.3, -0.25) is 4.98 Å². The molecule has 4 aromatic rings. The highest BCUT2D eigenvalue weighted by atomic mass is 35.5. The first kappa shape index (κ1) is 35.1. The lowest BCUT2D eigenvalue weighted by atomic mass is 10.1. The minimum Gasteiger partial charge on any atom is -0.493 e. The summed E-state index contributed by atoms with van der Waals surface area (Å²) >= 11 is 5.95. The van der Waals surface area contributed by atoms with Gasteiger partial charge >= 0.3 is 0 Å². The van der Waals surface area contributed by atoms with Crippen LogP contribution >= 0.6 is 36.4 Å². The van der Waals surface area contributed by atoms with Crippen LogP contribution in [0.15, 0.2) is 84.0 Å². The van der Waals surface area contributed by atoms with Gasteiger partial charge in [-0.1, -0.05) is 48.0 Å². The van der Waals surface area contributed by atoms with Crippen LogP contribution in [0.25, 0.3) is 16.8 Å². The maximum absolute atomic E-state index is 14.1. The van der Waals surface area contributed by atoms with Gasteiger partial charge in [0.25, 0.3) is 0 Å². The molecule has 8 nitrogen and oxygen atoms in total. The van der Waals surface area contributed by atoms with Crippen molar-refractivity contribution in [2.75, 3.05) is 41.0 Å². The molecule has 0 aliphatic carbocycles. The van der Waals surface area contributed by atoms with Gasteiger partial charge in [-0.15, -0.1) is 24.8 Å². The molecule has 1 heterocycles. The van der Waals surface area contributed by atoms with E-state index in [1.165, 1.54) is 25.6 Å². The number of benzene rings is 3. The highest BCUT2D eigenvalue weighted by molar-refractivity contribution is 7.89. The quantitative estimate of drug-likeness (QED) is 0.171. The smallest absolute Gasteiger partial charge is 0.244 e. The van der Waals surface area contributed by atoms with Crippen LogP contribution in [0.1, 0.15) is 11.1 Å². The molecule has 1 N–H and O–H groups in total. The lowest BCUT2D eigenvalue weighted by Crippen LogP contribution is -2.36. The summed E-state index contributed by atoms with van der Waals surface area (Å²) in [4.78, 5) is 4.36. The van der Waals surface area contributed by atoms with Crippen molar-refractivity contribution in [1.29, 1.82) is 0 Å². The maximum atomic E-state index is 14.1.